The standard InChI is InChI=1S/C14H32N2O/c1-6-8-9-16(10-11-17)12-14(4,5)13(3)15-7-2/h13,15,17H,6-12H2,1-5H3. The molecule has 0 aromatic carbocycles. The molecule has 0 saturated carbocycles. The monoisotopic (exact) mass is 244 g/mol. The van der Waals surface area contributed by atoms with E-state index in [0.717, 1.165) is 26.2 Å². The molecule has 0 aromatic rings. The lowest BCUT2D eigenvalue weighted by molar-refractivity contribution is 0.120. The van der Waals surface area contributed by atoms with E-state index in [1.54, 1.807) is 0 Å². The average Bonchev–Trinajstić information content (AvgIpc) is 2.26. The van der Waals surface area contributed by atoms with E-state index in [0.29, 0.717) is 6.04 Å². The molecule has 0 aliphatic rings. The van der Waals surface area contributed by atoms with Crippen LogP contribution in [-0.4, -0.2) is 48.8 Å². The van der Waals surface area contributed by atoms with Crippen LogP contribution in [0.5, 0.6) is 0 Å². The highest BCUT2D eigenvalue weighted by Crippen LogP contribution is 2.22. The number of hydrogen-bond donors (Lipinski definition) is 2. The number of nitrogens with one attached hydrogen (secondary N) is 1. The molecule has 0 fully saturated rings. The van der Waals surface area contributed by atoms with Crippen LogP contribution in [0.25, 0.3) is 0 Å². The Morgan fingerprint density at radius 3 is 2.35 bits per heavy atom. The van der Waals surface area contributed by atoms with E-state index in [-0.39, 0.29) is 12.0 Å². The largest absolute Gasteiger partial charge is 0.395 e. The van der Waals surface area contributed by atoms with Crippen LogP contribution in [0.2, 0.25) is 0 Å². The molecular formula is C14H32N2O. The molecule has 104 valence electrons. The van der Waals surface area contributed by atoms with Gasteiger partial charge in [-0.05, 0) is 31.8 Å². The maximum atomic E-state index is 9.12. The van der Waals surface area contributed by atoms with Gasteiger partial charge >= 0.3 is 0 Å². The third-order valence-electron chi connectivity index (χ3n) is 3.56. The number of hydrogen-bond acceptors (Lipinski definition) is 3. The van der Waals surface area contributed by atoms with Crippen LogP contribution in [-0.2, 0) is 0 Å². The zero-order chi connectivity index (χ0) is 13.3. The van der Waals surface area contributed by atoms with Crippen molar-refractivity contribution in [2.45, 2.75) is 53.5 Å². The van der Waals surface area contributed by atoms with Gasteiger partial charge in [0, 0.05) is 19.1 Å². The molecule has 0 saturated heterocycles. The van der Waals surface area contributed by atoms with Gasteiger partial charge in [-0.1, -0.05) is 34.1 Å². The summed E-state index contributed by atoms with van der Waals surface area (Å²) in [5.74, 6) is 0. The minimum Gasteiger partial charge on any atom is -0.395 e. The molecule has 0 aliphatic heterocycles. The van der Waals surface area contributed by atoms with Crippen molar-refractivity contribution in [1.82, 2.24) is 10.2 Å². The predicted molar refractivity (Wildman–Crippen MR) is 75.4 cm³/mol. The van der Waals surface area contributed by atoms with Crippen molar-refractivity contribution in [2.75, 3.05) is 32.8 Å². The van der Waals surface area contributed by atoms with Crippen LogP contribution in [0.15, 0.2) is 0 Å². The zero-order valence-electron chi connectivity index (χ0n) is 12.4. The Kier molecular flexibility index (Phi) is 8.83. The first-order valence-corrected chi connectivity index (χ1v) is 7.04. The summed E-state index contributed by atoms with van der Waals surface area (Å²) < 4.78 is 0. The van der Waals surface area contributed by atoms with E-state index in [2.05, 4.69) is 44.8 Å². The highest BCUT2D eigenvalue weighted by atomic mass is 16.3. The van der Waals surface area contributed by atoms with Gasteiger partial charge in [-0.2, -0.15) is 0 Å². The molecule has 2 N–H and O–H groups in total. The lowest BCUT2D eigenvalue weighted by atomic mass is 9.84. The van der Waals surface area contributed by atoms with Gasteiger partial charge in [0.05, 0.1) is 6.61 Å². The normalized spacial score (nSPS) is 14.3. The summed E-state index contributed by atoms with van der Waals surface area (Å²) in [7, 11) is 0. The van der Waals surface area contributed by atoms with Crippen molar-refractivity contribution in [3.05, 3.63) is 0 Å². The van der Waals surface area contributed by atoms with Gasteiger partial charge in [0.25, 0.3) is 0 Å². The maximum absolute atomic E-state index is 9.12. The van der Waals surface area contributed by atoms with Crippen LogP contribution in [0.4, 0.5) is 0 Å². The third-order valence-corrected chi connectivity index (χ3v) is 3.56. The maximum Gasteiger partial charge on any atom is 0.0558 e. The number of unbranched alkanes of at least 4 members (excludes halogenated alkanes) is 1. The first kappa shape index (κ1) is 16.9. The second-order valence-corrected chi connectivity index (χ2v) is 5.62. The zero-order valence-corrected chi connectivity index (χ0v) is 12.4. The summed E-state index contributed by atoms with van der Waals surface area (Å²) >= 11 is 0. The van der Waals surface area contributed by atoms with E-state index >= 15 is 0 Å². The molecule has 0 heterocycles. The van der Waals surface area contributed by atoms with E-state index in [1.165, 1.54) is 12.8 Å². The Balaban J connectivity index is 4.28. The Hall–Kier alpha value is -0.120. The molecule has 1 atom stereocenters. The minimum absolute atomic E-state index is 0.235. The lowest BCUT2D eigenvalue weighted by Crippen LogP contribution is -2.47. The van der Waals surface area contributed by atoms with E-state index in [9.17, 15) is 0 Å². The van der Waals surface area contributed by atoms with Gasteiger partial charge in [-0.3, -0.25) is 0 Å². The van der Waals surface area contributed by atoms with Crippen molar-refractivity contribution in [3.63, 3.8) is 0 Å². The van der Waals surface area contributed by atoms with E-state index in [1.807, 2.05) is 0 Å². The van der Waals surface area contributed by atoms with Gasteiger partial charge < -0.3 is 15.3 Å². The smallest absolute Gasteiger partial charge is 0.0558 e. The molecule has 0 bridgehead atoms. The average molecular weight is 244 g/mol. The predicted octanol–water partition coefficient (Wildman–Crippen LogP) is 2.10. The van der Waals surface area contributed by atoms with Gasteiger partial charge in [-0.15, -0.1) is 0 Å². The van der Waals surface area contributed by atoms with Crippen LogP contribution >= 0.6 is 0 Å². The summed E-state index contributed by atoms with van der Waals surface area (Å²) in [4.78, 5) is 2.39. The Labute approximate surface area is 108 Å². The minimum atomic E-state index is 0.235. The first-order valence-electron chi connectivity index (χ1n) is 7.04. The SMILES string of the molecule is CCCCN(CCO)CC(C)(C)C(C)NCC. The highest BCUT2D eigenvalue weighted by molar-refractivity contribution is 4.83. The molecule has 0 aliphatic carbocycles. The number of aliphatic hydroxyl groups is 1. The van der Waals surface area contributed by atoms with Gasteiger partial charge in [0.1, 0.15) is 0 Å². The lowest BCUT2D eigenvalue weighted by Gasteiger charge is -2.37. The quantitative estimate of drug-likeness (QED) is 0.618. The molecule has 0 aromatic heterocycles. The molecule has 0 radical (unpaired) electrons. The summed E-state index contributed by atoms with van der Waals surface area (Å²) in [6.45, 7) is 15.4. The topological polar surface area (TPSA) is 35.5 Å². The molecule has 0 spiro atoms. The molecule has 3 heteroatoms. The van der Waals surface area contributed by atoms with E-state index < -0.39 is 0 Å². The third kappa shape index (κ3) is 7.02. The number of aliphatic hydroxyl groups excluding tert-OH is 1. The first-order chi connectivity index (χ1) is 7.97. The van der Waals surface area contributed by atoms with E-state index in [4.69, 9.17) is 5.11 Å². The summed E-state index contributed by atoms with van der Waals surface area (Å²) in [6, 6.07) is 0.496. The number of rotatable bonds is 10. The van der Waals surface area contributed by atoms with Crippen LogP contribution in [0.1, 0.15) is 47.5 Å². The molecule has 0 amide bonds. The molecule has 0 rings (SSSR count). The van der Waals surface area contributed by atoms with Crippen LogP contribution < -0.4 is 5.32 Å². The fourth-order valence-corrected chi connectivity index (χ4v) is 2.09. The van der Waals surface area contributed by atoms with Crippen molar-refractivity contribution in [1.29, 1.82) is 0 Å². The Bertz CT molecular complexity index is 183. The molecule has 3 nitrogen and oxygen atoms in total. The van der Waals surface area contributed by atoms with Gasteiger partial charge in [0.2, 0.25) is 0 Å². The van der Waals surface area contributed by atoms with Gasteiger partial charge in [-0.25, -0.2) is 0 Å². The van der Waals surface area contributed by atoms with Gasteiger partial charge in [0.15, 0.2) is 0 Å². The van der Waals surface area contributed by atoms with Crippen LogP contribution in [0.3, 0.4) is 0 Å². The second kappa shape index (κ2) is 8.90. The van der Waals surface area contributed by atoms with Crippen LogP contribution in [0, 0.1) is 5.41 Å². The highest BCUT2D eigenvalue weighted by Gasteiger charge is 2.27. The second-order valence-electron chi connectivity index (χ2n) is 5.62. The van der Waals surface area contributed by atoms with Crippen molar-refractivity contribution >= 4 is 0 Å². The fraction of sp³-hybridized carbons (Fsp3) is 1.00. The fourth-order valence-electron chi connectivity index (χ4n) is 2.09. The van der Waals surface area contributed by atoms with Crippen molar-refractivity contribution in [3.8, 4) is 0 Å². The molecule has 1 unspecified atom stereocenters. The summed E-state index contributed by atoms with van der Waals surface area (Å²) in [5.41, 5.74) is 0.235. The Morgan fingerprint density at radius 1 is 1.24 bits per heavy atom. The van der Waals surface area contributed by atoms with Crippen molar-refractivity contribution < 1.29 is 5.11 Å². The summed E-state index contributed by atoms with van der Waals surface area (Å²) in [6.07, 6.45) is 2.43. The molecular weight excluding hydrogens is 212 g/mol. The number of nitrogens with zero attached hydrogens (tertiary/aromatic N) is 1. The Morgan fingerprint density at radius 2 is 1.88 bits per heavy atom. The summed E-state index contributed by atoms with van der Waals surface area (Å²) in [5, 5.41) is 12.6. The van der Waals surface area contributed by atoms with Crippen molar-refractivity contribution in [2.24, 2.45) is 5.41 Å². The molecule has 17 heavy (non-hydrogen) atoms.